The van der Waals surface area contributed by atoms with Crippen molar-refractivity contribution in [1.29, 1.82) is 0 Å². The first-order valence-electron chi connectivity index (χ1n) is 5.05. The van der Waals surface area contributed by atoms with Crippen molar-refractivity contribution in [2.24, 2.45) is 0 Å². The molecule has 1 aliphatic rings. The molecule has 0 unspecified atom stereocenters. The van der Waals surface area contributed by atoms with Gasteiger partial charge in [0.05, 0.1) is 0 Å². The van der Waals surface area contributed by atoms with Crippen LogP contribution in [0.2, 0.25) is 0 Å². The highest BCUT2D eigenvalue weighted by atomic mass is 32.2. The van der Waals surface area contributed by atoms with Crippen LogP contribution in [0.3, 0.4) is 0 Å². The number of rotatable bonds is 2. The molecule has 0 radical (unpaired) electrons. The molecule has 4 heteroatoms. The first kappa shape index (κ1) is 10.5. The zero-order valence-corrected chi connectivity index (χ0v) is 9.20. The molecule has 0 aliphatic carbocycles. The number of pyridine rings is 1. The number of aldehydes is 1. The number of carbonyl (C=O) groups excluding carboxylic acids is 1. The van der Waals surface area contributed by atoms with Gasteiger partial charge in [-0.05, 0) is 24.5 Å². The largest absolute Gasteiger partial charge is 0.301 e. The van der Waals surface area contributed by atoms with E-state index in [4.69, 9.17) is 0 Å². The molecule has 0 bridgehead atoms. The van der Waals surface area contributed by atoms with Gasteiger partial charge in [-0.25, -0.2) is 0 Å². The molecule has 2 rings (SSSR count). The average molecular weight is 223 g/mol. The summed E-state index contributed by atoms with van der Waals surface area (Å²) in [5, 5.41) is 0. The second-order valence-electron chi connectivity index (χ2n) is 3.76. The Balaban J connectivity index is 2.44. The lowest BCUT2D eigenvalue weighted by Crippen LogP contribution is -2.37. The third kappa shape index (κ3) is 1.74. The van der Waals surface area contributed by atoms with Crippen molar-refractivity contribution in [3.63, 3.8) is 0 Å². The molecule has 1 saturated heterocycles. The van der Waals surface area contributed by atoms with E-state index in [1.54, 1.807) is 18.5 Å². The second kappa shape index (κ2) is 4.23. The molecule has 1 aliphatic heterocycles. The van der Waals surface area contributed by atoms with Gasteiger partial charge in [-0.3, -0.25) is 9.19 Å². The Morgan fingerprint density at radius 1 is 1.47 bits per heavy atom. The van der Waals surface area contributed by atoms with Crippen molar-refractivity contribution in [1.82, 2.24) is 4.98 Å². The molecule has 1 aromatic heterocycles. The van der Waals surface area contributed by atoms with Gasteiger partial charge in [0, 0.05) is 28.9 Å². The van der Waals surface area contributed by atoms with Crippen LogP contribution in [0.5, 0.6) is 0 Å². The van der Waals surface area contributed by atoms with Crippen LogP contribution in [0.15, 0.2) is 24.5 Å². The van der Waals surface area contributed by atoms with Crippen LogP contribution in [0, 0.1) is 0 Å². The molecule has 80 valence electrons. The maximum atomic E-state index is 12.0. The van der Waals surface area contributed by atoms with E-state index < -0.39 is 15.5 Å². The fraction of sp³-hybridized carbons (Fsp3) is 0.455. The van der Waals surface area contributed by atoms with E-state index in [1.807, 2.05) is 6.07 Å². The lowest BCUT2D eigenvalue weighted by atomic mass is 9.95. The molecule has 15 heavy (non-hydrogen) atoms. The quantitative estimate of drug-likeness (QED) is 0.712. The van der Waals surface area contributed by atoms with Crippen molar-refractivity contribution in [2.75, 3.05) is 5.75 Å². The van der Waals surface area contributed by atoms with Gasteiger partial charge < -0.3 is 4.79 Å². The Kier molecular flexibility index (Phi) is 2.95. The highest BCUT2D eigenvalue weighted by Gasteiger charge is 2.40. The first-order chi connectivity index (χ1) is 7.29. The summed E-state index contributed by atoms with van der Waals surface area (Å²) < 4.78 is 11.2. The maximum Gasteiger partial charge on any atom is 0.143 e. The third-order valence-corrected chi connectivity index (χ3v) is 4.88. The van der Waals surface area contributed by atoms with Crippen LogP contribution < -0.4 is 0 Å². The Morgan fingerprint density at radius 3 is 2.93 bits per heavy atom. The molecule has 0 aromatic carbocycles. The van der Waals surface area contributed by atoms with Crippen LogP contribution in [0.1, 0.15) is 24.8 Å². The second-order valence-corrected chi connectivity index (χ2v) is 5.58. The summed E-state index contributed by atoms with van der Waals surface area (Å²) in [6, 6.07) is 3.62. The lowest BCUT2D eigenvalue weighted by Gasteiger charge is -2.31. The summed E-state index contributed by atoms with van der Waals surface area (Å²) >= 11 is 0. The number of hydrogen-bond donors (Lipinski definition) is 0. The minimum Gasteiger partial charge on any atom is -0.301 e. The Bertz CT molecular complexity index is 379. The summed E-state index contributed by atoms with van der Waals surface area (Å²) in [5.41, 5.74) is 0.790. The van der Waals surface area contributed by atoms with E-state index in [0.29, 0.717) is 12.2 Å². The van der Waals surface area contributed by atoms with E-state index >= 15 is 0 Å². The summed E-state index contributed by atoms with van der Waals surface area (Å²) in [4.78, 5) is 15.3. The molecular weight excluding hydrogens is 210 g/mol. The minimum absolute atomic E-state index is 0.619. The van der Waals surface area contributed by atoms with Crippen LogP contribution in [0.25, 0.3) is 0 Å². The molecule has 3 nitrogen and oxygen atoms in total. The highest BCUT2D eigenvalue weighted by Crippen LogP contribution is 2.35. The normalized spacial score (nSPS) is 31.1. The van der Waals surface area contributed by atoms with Crippen LogP contribution in [-0.4, -0.2) is 21.2 Å². The van der Waals surface area contributed by atoms with Gasteiger partial charge in [0.25, 0.3) is 0 Å². The zero-order valence-electron chi connectivity index (χ0n) is 8.39. The van der Waals surface area contributed by atoms with E-state index in [0.717, 1.165) is 24.7 Å². The average Bonchev–Trinajstić information content (AvgIpc) is 2.31. The van der Waals surface area contributed by atoms with E-state index in [9.17, 15) is 9.00 Å². The standard InChI is InChI=1S/C11H13NO2S/c13-9-11(5-1-2-7-15(11)14)10-4-3-6-12-8-10/h3-4,6,8-9H,1-2,5,7H2/t11-,15+/m0/s1. The summed E-state index contributed by atoms with van der Waals surface area (Å²) in [6.45, 7) is 0. The molecule has 1 aromatic rings. The monoisotopic (exact) mass is 223 g/mol. The summed E-state index contributed by atoms with van der Waals surface area (Å²) in [6.07, 6.45) is 6.74. The molecule has 1 fully saturated rings. The van der Waals surface area contributed by atoms with Crippen molar-refractivity contribution in [3.8, 4) is 0 Å². The SMILES string of the molecule is O=C[C@]1(c2cccnc2)CCCC[S@]1=O. The van der Waals surface area contributed by atoms with E-state index in [2.05, 4.69) is 4.98 Å². The number of hydrogen-bond acceptors (Lipinski definition) is 3. The van der Waals surface area contributed by atoms with Gasteiger partial charge in [0.15, 0.2) is 0 Å². The van der Waals surface area contributed by atoms with Gasteiger partial charge in [0.2, 0.25) is 0 Å². The highest BCUT2D eigenvalue weighted by molar-refractivity contribution is 7.86. The summed E-state index contributed by atoms with van der Waals surface area (Å²) in [7, 11) is -1.10. The minimum atomic E-state index is -1.10. The number of aromatic nitrogens is 1. The maximum absolute atomic E-state index is 12.0. The Hall–Kier alpha value is -1.03. The molecular formula is C11H13NO2S. The van der Waals surface area contributed by atoms with Crippen molar-refractivity contribution in [3.05, 3.63) is 30.1 Å². The fourth-order valence-corrected chi connectivity index (χ4v) is 3.68. The fourth-order valence-electron chi connectivity index (χ4n) is 1.99. The predicted molar refractivity (Wildman–Crippen MR) is 58.8 cm³/mol. The summed E-state index contributed by atoms with van der Waals surface area (Å²) in [5.74, 6) is 0.619. The zero-order chi connectivity index (χ0) is 10.7. The van der Waals surface area contributed by atoms with Crippen molar-refractivity contribution >= 4 is 17.1 Å². The topological polar surface area (TPSA) is 47.0 Å². The smallest absolute Gasteiger partial charge is 0.143 e. The Labute approximate surface area is 91.4 Å². The van der Waals surface area contributed by atoms with Gasteiger partial charge in [0.1, 0.15) is 11.0 Å². The van der Waals surface area contributed by atoms with Crippen LogP contribution in [-0.2, 0) is 20.3 Å². The van der Waals surface area contributed by atoms with E-state index in [-0.39, 0.29) is 0 Å². The molecule has 2 heterocycles. The lowest BCUT2D eigenvalue weighted by molar-refractivity contribution is -0.110. The van der Waals surface area contributed by atoms with Crippen molar-refractivity contribution < 1.29 is 9.00 Å². The first-order valence-corrected chi connectivity index (χ1v) is 6.37. The van der Waals surface area contributed by atoms with Gasteiger partial charge in [-0.15, -0.1) is 0 Å². The predicted octanol–water partition coefficient (Wildman–Crippen LogP) is 1.41. The Morgan fingerprint density at radius 2 is 2.33 bits per heavy atom. The molecule has 2 atom stereocenters. The van der Waals surface area contributed by atoms with Gasteiger partial charge >= 0.3 is 0 Å². The molecule has 0 amide bonds. The molecule has 0 saturated carbocycles. The van der Waals surface area contributed by atoms with Crippen LogP contribution >= 0.6 is 0 Å². The van der Waals surface area contributed by atoms with Crippen LogP contribution in [0.4, 0.5) is 0 Å². The van der Waals surface area contributed by atoms with Crippen molar-refractivity contribution in [2.45, 2.75) is 24.0 Å². The molecule has 0 N–H and O–H groups in total. The number of carbonyl (C=O) groups is 1. The third-order valence-electron chi connectivity index (χ3n) is 2.87. The number of nitrogens with zero attached hydrogens (tertiary/aromatic N) is 1. The van der Waals surface area contributed by atoms with Gasteiger partial charge in [-0.1, -0.05) is 12.5 Å². The van der Waals surface area contributed by atoms with E-state index in [1.165, 1.54) is 0 Å². The van der Waals surface area contributed by atoms with Gasteiger partial charge in [-0.2, -0.15) is 0 Å². The molecule has 0 spiro atoms.